The minimum absolute atomic E-state index is 0.160. The molecule has 21 heavy (non-hydrogen) atoms. The number of carbonyl (C=O) groups is 1. The van der Waals surface area contributed by atoms with Gasteiger partial charge < -0.3 is 4.90 Å². The van der Waals surface area contributed by atoms with E-state index in [9.17, 15) is 9.18 Å². The normalized spacial score (nSPS) is 10.4. The van der Waals surface area contributed by atoms with Gasteiger partial charge in [-0.05, 0) is 40.0 Å². The van der Waals surface area contributed by atoms with Crippen molar-refractivity contribution in [3.05, 3.63) is 69.9 Å². The molecule has 110 valence electrons. The topological polar surface area (TPSA) is 20.3 Å². The second-order valence-electron chi connectivity index (χ2n) is 4.81. The van der Waals surface area contributed by atoms with Gasteiger partial charge in [0.05, 0.1) is 10.0 Å². The molecular weight excluding hydrogens is 333 g/mol. The van der Waals surface area contributed by atoms with Gasteiger partial charge in [-0.2, -0.15) is 0 Å². The SMILES string of the molecule is CCCN(Cc1ccccc1)C(=O)c1cccc(F)c1Br. The summed E-state index contributed by atoms with van der Waals surface area (Å²) in [5.74, 6) is -0.580. The summed E-state index contributed by atoms with van der Waals surface area (Å²) in [4.78, 5) is 14.4. The molecule has 2 nitrogen and oxygen atoms in total. The Kier molecular flexibility index (Phi) is 5.51. The van der Waals surface area contributed by atoms with Crippen LogP contribution in [0.15, 0.2) is 53.0 Å². The second kappa shape index (κ2) is 7.36. The van der Waals surface area contributed by atoms with E-state index >= 15 is 0 Å². The maximum Gasteiger partial charge on any atom is 0.255 e. The van der Waals surface area contributed by atoms with Gasteiger partial charge >= 0.3 is 0 Å². The largest absolute Gasteiger partial charge is 0.334 e. The first-order chi connectivity index (χ1) is 10.1. The van der Waals surface area contributed by atoms with Crippen LogP contribution in [0.4, 0.5) is 4.39 Å². The van der Waals surface area contributed by atoms with Crippen molar-refractivity contribution in [3.63, 3.8) is 0 Å². The lowest BCUT2D eigenvalue weighted by molar-refractivity contribution is 0.0741. The van der Waals surface area contributed by atoms with Crippen LogP contribution in [-0.2, 0) is 6.54 Å². The molecule has 0 fully saturated rings. The van der Waals surface area contributed by atoms with Crippen LogP contribution >= 0.6 is 15.9 Å². The fourth-order valence-corrected chi connectivity index (χ4v) is 2.60. The first-order valence-corrected chi connectivity index (χ1v) is 7.70. The van der Waals surface area contributed by atoms with Crippen LogP contribution in [0.1, 0.15) is 29.3 Å². The Balaban J connectivity index is 2.25. The fraction of sp³-hybridized carbons (Fsp3) is 0.235. The van der Waals surface area contributed by atoms with Gasteiger partial charge in [0.2, 0.25) is 0 Å². The van der Waals surface area contributed by atoms with E-state index in [1.54, 1.807) is 17.0 Å². The van der Waals surface area contributed by atoms with Gasteiger partial charge in [-0.3, -0.25) is 4.79 Å². The third kappa shape index (κ3) is 3.91. The average molecular weight is 350 g/mol. The highest BCUT2D eigenvalue weighted by Crippen LogP contribution is 2.22. The molecule has 4 heteroatoms. The molecule has 2 aromatic carbocycles. The van der Waals surface area contributed by atoms with E-state index in [0.29, 0.717) is 18.7 Å². The van der Waals surface area contributed by atoms with Crippen molar-refractivity contribution in [1.29, 1.82) is 0 Å². The molecule has 1 amide bonds. The Morgan fingerprint density at radius 1 is 1.14 bits per heavy atom. The van der Waals surface area contributed by atoms with Gasteiger partial charge in [0.1, 0.15) is 5.82 Å². The number of rotatable bonds is 5. The predicted molar refractivity (Wildman–Crippen MR) is 85.6 cm³/mol. The maximum atomic E-state index is 13.6. The standard InChI is InChI=1S/C17H17BrFNO/c1-2-11-20(12-13-7-4-3-5-8-13)17(21)14-9-6-10-15(19)16(14)18/h3-10H,2,11-12H2,1H3. The van der Waals surface area contributed by atoms with Crippen molar-refractivity contribution in [1.82, 2.24) is 4.90 Å². The summed E-state index contributed by atoms with van der Waals surface area (Å²) < 4.78 is 13.8. The Labute approximate surface area is 132 Å². The van der Waals surface area contributed by atoms with Crippen LogP contribution < -0.4 is 0 Å². The lowest BCUT2D eigenvalue weighted by Gasteiger charge is -2.23. The Bertz CT molecular complexity index is 615. The van der Waals surface area contributed by atoms with E-state index in [2.05, 4.69) is 15.9 Å². The lowest BCUT2D eigenvalue weighted by Crippen LogP contribution is -2.31. The first kappa shape index (κ1) is 15.7. The van der Waals surface area contributed by atoms with Crippen molar-refractivity contribution in [2.75, 3.05) is 6.54 Å². The molecular formula is C17H17BrFNO. The van der Waals surface area contributed by atoms with Crippen molar-refractivity contribution < 1.29 is 9.18 Å². The van der Waals surface area contributed by atoms with Crippen LogP contribution in [-0.4, -0.2) is 17.4 Å². The van der Waals surface area contributed by atoms with Gasteiger partial charge in [0.25, 0.3) is 5.91 Å². The highest BCUT2D eigenvalue weighted by molar-refractivity contribution is 9.10. The minimum atomic E-state index is -0.419. The summed E-state index contributed by atoms with van der Waals surface area (Å²) in [5, 5.41) is 0. The van der Waals surface area contributed by atoms with Gasteiger partial charge in [0.15, 0.2) is 0 Å². The summed E-state index contributed by atoms with van der Waals surface area (Å²) in [6.45, 7) is 3.18. The van der Waals surface area contributed by atoms with Crippen LogP contribution in [0, 0.1) is 5.82 Å². The Morgan fingerprint density at radius 2 is 1.86 bits per heavy atom. The highest BCUT2D eigenvalue weighted by Gasteiger charge is 2.19. The molecule has 0 heterocycles. The predicted octanol–water partition coefficient (Wildman–Crippen LogP) is 4.64. The zero-order valence-corrected chi connectivity index (χ0v) is 13.4. The molecule has 2 aromatic rings. The zero-order chi connectivity index (χ0) is 15.2. The third-order valence-corrected chi connectivity index (χ3v) is 3.98. The maximum absolute atomic E-state index is 13.6. The molecule has 0 radical (unpaired) electrons. The van der Waals surface area contributed by atoms with Crippen LogP contribution in [0.25, 0.3) is 0 Å². The van der Waals surface area contributed by atoms with E-state index < -0.39 is 5.82 Å². The summed E-state index contributed by atoms with van der Waals surface area (Å²) >= 11 is 3.16. The monoisotopic (exact) mass is 349 g/mol. The molecule has 0 saturated heterocycles. The number of carbonyl (C=O) groups excluding carboxylic acids is 1. The Hall–Kier alpha value is -1.68. The summed E-state index contributed by atoms with van der Waals surface area (Å²) in [7, 11) is 0. The van der Waals surface area contributed by atoms with Crippen LogP contribution in [0.2, 0.25) is 0 Å². The van der Waals surface area contributed by atoms with Gasteiger partial charge in [-0.1, -0.05) is 43.3 Å². The molecule has 0 aromatic heterocycles. The number of hydrogen-bond acceptors (Lipinski definition) is 1. The Morgan fingerprint density at radius 3 is 2.52 bits per heavy atom. The highest BCUT2D eigenvalue weighted by atomic mass is 79.9. The van der Waals surface area contributed by atoms with Gasteiger partial charge in [-0.25, -0.2) is 4.39 Å². The molecule has 0 unspecified atom stereocenters. The molecule has 0 aliphatic rings. The number of benzene rings is 2. The molecule has 0 aliphatic carbocycles. The van der Waals surface area contributed by atoms with Crippen molar-refractivity contribution in [2.24, 2.45) is 0 Å². The van der Waals surface area contributed by atoms with Crippen LogP contribution in [0.3, 0.4) is 0 Å². The molecule has 0 spiro atoms. The molecule has 2 rings (SSSR count). The van der Waals surface area contributed by atoms with E-state index in [1.807, 2.05) is 37.3 Å². The van der Waals surface area contributed by atoms with Crippen molar-refractivity contribution >= 4 is 21.8 Å². The zero-order valence-electron chi connectivity index (χ0n) is 11.9. The average Bonchev–Trinajstić information content (AvgIpc) is 2.50. The minimum Gasteiger partial charge on any atom is -0.334 e. The number of hydrogen-bond donors (Lipinski definition) is 0. The van der Waals surface area contributed by atoms with Crippen molar-refractivity contribution in [2.45, 2.75) is 19.9 Å². The van der Waals surface area contributed by atoms with Crippen LogP contribution in [0.5, 0.6) is 0 Å². The van der Waals surface area contributed by atoms with E-state index in [-0.39, 0.29) is 10.4 Å². The van der Waals surface area contributed by atoms with E-state index in [1.165, 1.54) is 6.07 Å². The van der Waals surface area contributed by atoms with E-state index in [0.717, 1.165) is 12.0 Å². The smallest absolute Gasteiger partial charge is 0.255 e. The fourth-order valence-electron chi connectivity index (χ4n) is 2.17. The number of nitrogens with zero attached hydrogens (tertiary/aromatic N) is 1. The summed E-state index contributed by atoms with van der Waals surface area (Å²) in [6, 6.07) is 14.3. The molecule has 0 aliphatic heterocycles. The number of amides is 1. The quantitative estimate of drug-likeness (QED) is 0.769. The van der Waals surface area contributed by atoms with Crippen molar-refractivity contribution in [3.8, 4) is 0 Å². The summed E-state index contributed by atoms with van der Waals surface area (Å²) in [6.07, 6.45) is 0.853. The summed E-state index contributed by atoms with van der Waals surface area (Å²) in [5.41, 5.74) is 1.42. The second-order valence-corrected chi connectivity index (χ2v) is 5.61. The van der Waals surface area contributed by atoms with E-state index in [4.69, 9.17) is 0 Å². The third-order valence-electron chi connectivity index (χ3n) is 3.18. The van der Waals surface area contributed by atoms with Gasteiger partial charge in [0, 0.05) is 13.1 Å². The first-order valence-electron chi connectivity index (χ1n) is 6.90. The lowest BCUT2D eigenvalue weighted by atomic mass is 10.1. The molecule has 0 bridgehead atoms. The number of halogens is 2. The van der Waals surface area contributed by atoms with Gasteiger partial charge in [-0.15, -0.1) is 0 Å². The molecule has 0 atom stereocenters. The molecule has 0 saturated carbocycles. The molecule has 0 N–H and O–H groups in total.